The third-order valence-corrected chi connectivity index (χ3v) is 4.27. The van der Waals surface area contributed by atoms with E-state index in [9.17, 15) is 9.59 Å². The van der Waals surface area contributed by atoms with Crippen molar-refractivity contribution in [2.24, 2.45) is 0 Å². The summed E-state index contributed by atoms with van der Waals surface area (Å²) in [5, 5.41) is 6.02. The second-order valence-corrected chi connectivity index (χ2v) is 6.61. The van der Waals surface area contributed by atoms with Crippen molar-refractivity contribution in [2.45, 2.75) is 32.9 Å². The lowest BCUT2D eigenvalue weighted by atomic mass is 9.95. The summed E-state index contributed by atoms with van der Waals surface area (Å²) in [5.41, 5.74) is 1.37. The standard InChI is InChI=1S/C17H20Cl2N2O4/c1-9(2)24-6-7-25-16(22)14-10(3)20-17(23)21-15(14)11-4-5-12(18)13(19)8-11/h4-5,8-9,15H,6-7H2,1-3H3,(H2,20,21,23). The van der Waals surface area contributed by atoms with Gasteiger partial charge in [0.25, 0.3) is 0 Å². The van der Waals surface area contributed by atoms with Gasteiger partial charge in [0.05, 0.1) is 34.4 Å². The maximum Gasteiger partial charge on any atom is 0.338 e. The maximum atomic E-state index is 12.5. The van der Waals surface area contributed by atoms with Crippen LogP contribution in [0.5, 0.6) is 0 Å². The van der Waals surface area contributed by atoms with Crippen LogP contribution in [-0.4, -0.2) is 31.3 Å². The van der Waals surface area contributed by atoms with E-state index >= 15 is 0 Å². The number of carbonyl (C=O) groups excluding carboxylic acids is 2. The summed E-state index contributed by atoms with van der Waals surface area (Å²) < 4.78 is 10.6. The zero-order chi connectivity index (χ0) is 18.6. The van der Waals surface area contributed by atoms with Crippen molar-refractivity contribution in [1.82, 2.24) is 10.6 Å². The molecule has 2 rings (SSSR count). The molecule has 136 valence electrons. The molecule has 0 saturated carbocycles. The van der Waals surface area contributed by atoms with Crippen LogP contribution in [0.15, 0.2) is 29.5 Å². The molecule has 2 amide bonds. The first-order chi connectivity index (χ1) is 11.8. The van der Waals surface area contributed by atoms with Crippen LogP contribution in [-0.2, 0) is 14.3 Å². The minimum absolute atomic E-state index is 0.0549. The van der Waals surface area contributed by atoms with Gasteiger partial charge in [-0.1, -0.05) is 29.3 Å². The SMILES string of the molecule is CC1=C(C(=O)OCCOC(C)C)C(c2ccc(Cl)c(Cl)c2)NC(=O)N1. The molecule has 0 aliphatic carbocycles. The highest BCUT2D eigenvalue weighted by Crippen LogP contribution is 2.31. The van der Waals surface area contributed by atoms with Crippen molar-refractivity contribution in [1.29, 1.82) is 0 Å². The molecule has 6 nitrogen and oxygen atoms in total. The van der Waals surface area contributed by atoms with E-state index in [1.165, 1.54) is 0 Å². The number of esters is 1. The fraction of sp³-hybridized carbons (Fsp3) is 0.412. The highest BCUT2D eigenvalue weighted by Gasteiger charge is 2.32. The number of hydrogen-bond donors (Lipinski definition) is 2. The molecule has 1 unspecified atom stereocenters. The van der Waals surface area contributed by atoms with Gasteiger partial charge in [-0.05, 0) is 38.5 Å². The van der Waals surface area contributed by atoms with Crippen molar-refractivity contribution >= 4 is 35.2 Å². The van der Waals surface area contributed by atoms with Gasteiger partial charge < -0.3 is 20.1 Å². The lowest BCUT2D eigenvalue weighted by Gasteiger charge is -2.28. The second kappa shape index (κ2) is 8.56. The minimum Gasteiger partial charge on any atom is -0.460 e. The van der Waals surface area contributed by atoms with Crippen LogP contribution in [0.2, 0.25) is 10.0 Å². The first-order valence-corrected chi connectivity index (χ1v) is 8.57. The smallest absolute Gasteiger partial charge is 0.338 e. The molecule has 1 aromatic carbocycles. The van der Waals surface area contributed by atoms with Crippen molar-refractivity contribution in [3.63, 3.8) is 0 Å². The zero-order valence-electron chi connectivity index (χ0n) is 14.2. The molecule has 0 bridgehead atoms. The largest absolute Gasteiger partial charge is 0.460 e. The molecule has 1 aromatic rings. The number of urea groups is 1. The summed E-state index contributed by atoms with van der Waals surface area (Å²) in [6, 6.07) is 3.84. The highest BCUT2D eigenvalue weighted by molar-refractivity contribution is 6.42. The van der Waals surface area contributed by atoms with Crippen LogP contribution in [0.1, 0.15) is 32.4 Å². The van der Waals surface area contributed by atoms with Gasteiger partial charge in [0, 0.05) is 5.70 Å². The number of amides is 2. The van der Waals surface area contributed by atoms with E-state index in [-0.39, 0.29) is 12.7 Å². The summed E-state index contributed by atoms with van der Waals surface area (Å²) in [5.74, 6) is -0.534. The molecule has 8 heteroatoms. The number of allylic oxidation sites excluding steroid dienone is 1. The molecule has 2 N–H and O–H groups in total. The van der Waals surface area contributed by atoms with Crippen LogP contribution >= 0.6 is 23.2 Å². The molecule has 0 saturated heterocycles. The number of carbonyl (C=O) groups is 2. The Kier molecular flexibility index (Phi) is 6.70. The second-order valence-electron chi connectivity index (χ2n) is 5.80. The summed E-state index contributed by atoms with van der Waals surface area (Å²) in [7, 11) is 0. The Bertz CT molecular complexity index is 704. The predicted molar refractivity (Wildman–Crippen MR) is 95.6 cm³/mol. The predicted octanol–water partition coefficient (Wildman–Crippen LogP) is 3.59. The monoisotopic (exact) mass is 386 g/mol. The van der Waals surface area contributed by atoms with E-state index in [0.29, 0.717) is 33.5 Å². The van der Waals surface area contributed by atoms with E-state index in [1.807, 2.05) is 13.8 Å². The minimum atomic E-state index is -0.679. The van der Waals surface area contributed by atoms with E-state index < -0.39 is 18.0 Å². The fourth-order valence-corrected chi connectivity index (χ4v) is 2.71. The maximum absolute atomic E-state index is 12.5. The molecule has 1 atom stereocenters. The summed E-state index contributed by atoms with van der Waals surface area (Å²) >= 11 is 12.0. The normalized spacial score (nSPS) is 17.4. The fourth-order valence-electron chi connectivity index (χ4n) is 2.40. The Morgan fingerprint density at radius 1 is 1.24 bits per heavy atom. The number of nitrogens with one attached hydrogen (secondary N) is 2. The van der Waals surface area contributed by atoms with Gasteiger partial charge >= 0.3 is 12.0 Å². The van der Waals surface area contributed by atoms with E-state index in [1.54, 1.807) is 25.1 Å². The van der Waals surface area contributed by atoms with Gasteiger partial charge in [0.2, 0.25) is 0 Å². The lowest BCUT2D eigenvalue weighted by molar-refractivity contribution is -0.141. The van der Waals surface area contributed by atoms with E-state index in [4.69, 9.17) is 32.7 Å². The third kappa shape index (κ3) is 5.11. The average molecular weight is 387 g/mol. The quantitative estimate of drug-likeness (QED) is 0.578. The molecular formula is C17H20Cl2N2O4. The summed E-state index contributed by atoms with van der Waals surface area (Å²) in [4.78, 5) is 24.3. The molecule has 0 radical (unpaired) electrons. The Hall–Kier alpha value is -1.76. The highest BCUT2D eigenvalue weighted by atomic mass is 35.5. The van der Waals surface area contributed by atoms with Crippen LogP contribution < -0.4 is 10.6 Å². The molecule has 25 heavy (non-hydrogen) atoms. The Labute approximate surface area is 156 Å². The Balaban J connectivity index is 2.21. The lowest BCUT2D eigenvalue weighted by Crippen LogP contribution is -2.45. The van der Waals surface area contributed by atoms with Gasteiger partial charge in [0.15, 0.2) is 0 Å². The molecule has 0 aromatic heterocycles. The molecule has 1 heterocycles. The van der Waals surface area contributed by atoms with Crippen molar-refractivity contribution in [3.8, 4) is 0 Å². The van der Waals surface area contributed by atoms with E-state index in [0.717, 1.165) is 0 Å². The van der Waals surface area contributed by atoms with Crippen molar-refractivity contribution in [2.75, 3.05) is 13.2 Å². The van der Waals surface area contributed by atoms with Gasteiger partial charge in [-0.2, -0.15) is 0 Å². The number of rotatable bonds is 6. The van der Waals surface area contributed by atoms with Crippen LogP contribution in [0.3, 0.4) is 0 Å². The molecule has 1 aliphatic rings. The Morgan fingerprint density at radius 2 is 1.96 bits per heavy atom. The summed E-state index contributed by atoms with van der Waals surface area (Å²) in [6.07, 6.45) is 0.0549. The first kappa shape index (κ1) is 19.6. The van der Waals surface area contributed by atoms with Gasteiger partial charge in [0.1, 0.15) is 6.61 Å². The molecule has 1 aliphatic heterocycles. The van der Waals surface area contributed by atoms with Gasteiger partial charge in [-0.15, -0.1) is 0 Å². The molecular weight excluding hydrogens is 367 g/mol. The molecule has 0 spiro atoms. The van der Waals surface area contributed by atoms with Crippen molar-refractivity contribution in [3.05, 3.63) is 45.1 Å². The first-order valence-electron chi connectivity index (χ1n) is 7.81. The average Bonchev–Trinajstić information content (AvgIpc) is 2.53. The van der Waals surface area contributed by atoms with Crippen LogP contribution in [0.25, 0.3) is 0 Å². The topological polar surface area (TPSA) is 76.7 Å². The third-order valence-electron chi connectivity index (χ3n) is 3.53. The van der Waals surface area contributed by atoms with Crippen molar-refractivity contribution < 1.29 is 19.1 Å². The Morgan fingerprint density at radius 3 is 2.60 bits per heavy atom. The summed E-state index contributed by atoms with van der Waals surface area (Å²) in [6.45, 7) is 5.86. The number of halogens is 2. The number of ether oxygens (including phenoxy) is 2. The molecule has 0 fully saturated rings. The zero-order valence-corrected chi connectivity index (χ0v) is 15.7. The van der Waals surface area contributed by atoms with Crippen LogP contribution in [0.4, 0.5) is 4.79 Å². The van der Waals surface area contributed by atoms with E-state index in [2.05, 4.69) is 10.6 Å². The van der Waals surface area contributed by atoms with Gasteiger partial charge in [-0.25, -0.2) is 9.59 Å². The number of hydrogen-bond acceptors (Lipinski definition) is 4. The van der Waals surface area contributed by atoms with Gasteiger partial charge in [-0.3, -0.25) is 0 Å². The van der Waals surface area contributed by atoms with Crippen LogP contribution in [0, 0.1) is 0 Å². The number of benzene rings is 1.